The van der Waals surface area contributed by atoms with E-state index in [-0.39, 0.29) is 5.82 Å². The minimum absolute atomic E-state index is 0.213. The van der Waals surface area contributed by atoms with Crippen LogP contribution in [-0.4, -0.2) is 19.9 Å². The van der Waals surface area contributed by atoms with Crippen molar-refractivity contribution in [1.29, 1.82) is 0 Å². The van der Waals surface area contributed by atoms with Crippen LogP contribution < -0.4 is 11.5 Å². The van der Waals surface area contributed by atoms with Crippen LogP contribution in [-0.2, 0) is 7.05 Å². The Bertz CT molecular complexity index is 554. The van der Waals surface area contributed by atoms with Gasteiger partial charge in [0, 0.05) is 24.4 Å². The molecule has 2 aromatic rings. The highest BCUT2D eigenvalue weighted by Gasteiger charge is 2.19. The molecule has 0 aliphatic carbocycles. The average Bonchev–Trinajstić information content (AvgIpc) is 2.62. The number of hydrogen-bond acceptors (Lipinski definition) is 5. The molecule has 0 bridgehead atoms. The molecule has 0 spiro atoms. The van der Waals surface area contributed by atoms with Crippen LogP contribution in [0.5, 0.6) is 0 Å². The van der Waals surface area contributed by atoms with Gasteiger partial charge in [0.05, 0.1) is 11.2 Å². The lowest BCUT2D eigenvalue weighted by Crippen LogP contribution is -2.08. The van der Waals surface area contributed by atoms with Gasteiger partial charge in [-0.05, 0) is 6.07 Å². The van der Waals surface area contributed by atoms with Gasteiger partial charge in [0.15, 0.2) is 0 Å². The fraction of sp³-hybridized carbons (Fsp3) is 0.200. The molecule has 6 nitrogen and oxygen atoms in total. The first-order valence-electron chi connectivity index (χ1n) is 4.87. The number of nitrogen functional groups attached to an aromatic ring is 2. The molecule has 5 N–H and O–H groups in total. The summed E-state index contributed by atoms with van der Waals surface area (Å²) in [6.07, 6.45) is 1.91. The zero-order valence-electron chi connectivity index (χ0n) is 9.13. The van der Waals surface area contributed by atoms with E-state index in [1.54, 1.807) is 13.1 Å². The Morgan fingerprint density at radius 1 is 1.35 bits per heavy atom. The Kier molecular flexibility index (Phi) is 2.91. The van der Waals surface area contributed by atoms with Gasteiger partial charge in [-0.1, -0.05) is 11.6 Å². The number of anilines is 2. The highest BCUT2D eigenvalue weighted by Crippen LogP contribution is 2.30. The monoisotopic (exact) mass is 253 g/mol. The molecule has 0 aliphatic rings. The minimum atomic E-state index is -0.991. The van der Waals surface area contributed by atoms with Crippen molar-refractivity contribution >= 4 is 23.2 Å². The largest absolute Gasteiger partial charge is 0.384 e. The average molecular weight is 254 g/mol. The van der Waals surface area contributed by atoms with Crippen LogP contribution in [0.3, 0.4) is 0 Å². The predicted molar refractivity (Wildman–Crippen MR) is 65.3 cm³/mol. The van der Waals surface area contributed by atoms with Gasteiger partial charge in [0.25, 0.3) is 0 Å². The molecule has 0 radical (unpaired) electrons. The Balaban J connectivity index is 2.47. The number of aryl methyl sites for hydroxylation is 1. The van der Waals surface area contributed by atoms with Gasteiger partial charge >= 0.3 is 0 Å². The molecule has 7 heteroatoms. The van der Waals surface area contributed by atoms with Crippen LogP contribution in [0.2, 0.25) is 5.02 Å². The Hall–Kier alpha value is -1.79. The van der Waals surface area contributed by atoms with Crippen LogP contribution in [0.4, 0.5) is 11.6 Å². The van der Waals surface area contributed by atoms with Gasteiger partial charge in [-0.15, -0.1) is 0 Å². The lowest BCUT2D eigenvalue weighted by Gasteiger charge is -2.12. The van der Waals surface area contributed by atoms with Gasteiger partial charge in [0.2, 0.25) is 0 Å². The molecule has 0 fully saturated rings. The zero-order chi connectivity index (χ0) is 12.6. The van der Waals surface area contributed by atoms with E-state index in [2.05, 4.69) is 10.1 Å². The molecule has 2 heterocycles. The van der Waals surface area contributed by atoms with Gasteiger partial charge in [0.1, 0.15) is 17.7 Å². The molecule has 2 aromatic heterocycles. The highest BCUT2D eigenvalue weighted by molar-refractivity contribution is 6.30. The lowest BCUT2D eigenvalue weighted by atomic mass is 10.0. The number of rotatable bonds is 2. The maximum absolute atomic E-state index is 10.2. The van der Waals surface area contributed by atoms with Crippen molar-refractivity contribution in [3.8, 4) is 0 Å². The molecule has 1 atom stereocenters. The van der Waals surface area contributed by atoms with E-state index in [1.807, 2.05) is 0 Å². The first-order valence-corrected chi connectivity index (χ1v) is 5.25. The SMILES string of the molecule is Cn1ncc(C(O)c2cc(Cl)cnc2N)c1N. The maximum atomic E-state index is 10.2. The second-order valence-corrected chi connectivity index (χ2v) is 4.08. The summed E-state index contributed by atoms with van der Waals surface area (Å²) in [5.41, 5.74) is 12.4. The van der Waals surface area contributed by atoms with Crippen LogP contribution in [0.15, 0.2) is 18.5 Å². The van der Waals surface area contributed by atoms with Gasteiger partial charge in [-0.25, -0.2) is 4.98 Å². The van der Waals surface area contributed by atoms with Crippen molar-refractivity contribution in [3.05, 3.63) is 34.6 Å². The zero-order valence-corrected chi connectivity index (χ0v) is 9.89. The number of hydrogen-bond donors (Lipinski definition) is 3. The van der Waals surface area contributed by atoms with Crippen LogP contribution in [0.1, 0.15) is 17.2 Å². The number of halogens is 1. The molecule has 0 saturated heterocycles. The van der Waals surface area contributed by atoms with E-state index < -0.39 is 6.10 Å². The molecular formula is C10H12ClN5O. The Morgan fingerprint density at radius 3 is 2.65 bits per heavy atom. The topological polar surface area (TPSA) is 103 Å². The van der Waals surface area contributed by atoms with Crippen molar-refractivity contribution in [2.24, 2.45) is 7.05 Å². The van der Waals surface area contributed by atoms with Crippen LogP contribution in [0.25, 0.3) is 0 Å². The number of aliphatic hydroxyl groups excluding tert-OH is 1. The normalized spacial score (nSPS) is 12.6. The van der Waals surface area contributed by atoms with Crippen molar-refractivity contribution in [3.63, 3.8) is 0 Å². The summed E-state index contributed by atoms with van der Waals surface area (Å²) in [7, 11) is 1.69. The van der Waals surface area contributed by atoms with E-state index in [4.69, 9.17) is 23.1 Å². The van der Waals surface area contributed by atoms with E-state index in [0.29, 0.717) is 22.0 Å². The third-order valence-electron chi connectivity index (χ3n) is 2.52. The molecule has 2 rings (SSSR count). The fourth-order valence-electron chi connectivity index (χ4n) is 1.53. The second-order valence-electron chi connectivity index (χ2n) is 3.64. The number of nitrogens with two attached hydrogens (primary N) is 2. The quantitative estimate of drug-likeness (QED) is 0.732. The van der Waals surface area contributed by atoms with E-state index in [0.717, 1.165) is 0 Å². The van der Waals surface area contributed by atoms with Crippen LogP contribution in [0, 0.1) is 0 Å². The number of pyridine rings is 1. The number of aromatic nitrogens is 3. The summed E-state index contributed by atoms with van der Waals surface area (Å²) < 4.78 is 1.46. The van der Waals surface area contributed by atoms with Crippen molar-refractivity contribution in [1.82, 2.24) is 14.8 Å². The van der Waals surface area contributed by atoms with Crippen molar-refractivity contribution < 1.29 is 5.11 Å². The molecule has 17 heavy (non-hydrogen) atoms. The Morgan fingerprint density at radius 2 is 2.06 bits per heavy atom. The summed E-state index contributed by atoms with van der Waals surface area (Å²) in [4.78, 5) is 3.88. The molecule has 0 amide bonds. The molecule has 90 valence electrons. The van der Waals surface area contributed by atoms with E-state index in [1.165, 1.54) is 17.1 Å². The summed E-state index contributed by atoms with van der Waals surface area (Å²) >= 11 is 5.81. The number of aliphatic hydroxyl groups is 1. The first kappa shape index (κ1) is 11.7. The molecule has 0 aliphatic heterocycles. The third kappa shape index (κ3) is 2.04. The lowest BCUT2D eigenvalue weighted by molar-refractivity contribution is 0.221. The molecule has 0 aromatic carbocycles. The summed E-state index contributed by atoms with van der Waals surface area (Å²) in [5.74, 6) is 0.585. The van der Waals surface area contributed by atoms with Gasteiger partial charge in [-0.2, -0.15) is 5.10 Å². The molecule has 0 saturated carbocycles. The molecule has 1 unspecified atom stereocenters. The summed E-state index contributed by atoms with van der Waals surface area (Å²) in [5, 5.41) is 14.5. The minimum Gasteiger partial charge on any atom is -0.384 e. The van der Waals surface area contributed by atoms with Gasteiger partial charge < -0.3 is 16.6 Å². The molecular weight excluding hydrogens is 242 g/mol. The standard InChI is InChI=1S/C10H12ClN5O/c1-16-10(13)7(4-15-16)8(17)6-2-5(11)3-14-9(6)12/h2-4,8,17H,13H2,1H3,(H2,12,14). The predicted octanol–water partition coefficient (Wildman–Crippen LogP) is 0.715. The van der Waals surface area contributed by atoms with Crippen molar-refractivity contribution in [2.75, 3.05) is 11.5 Å². The van der Waals surface area contributed by atoms with Gasteiger partial charge in [-0.3, -0.25) is 4.68 Å². The second kappa shape index (κ2) is 4.23. The number of nitrogens with zero attached hydrogens (tertiary/aromatic N) is 3. The highest BCUT2D eigenvalue weighted by atomic mass is 35.5. The van der Waals surface area contributed by atoms with Crippen molar-refractivity contribution in [2.45, 2.75) is 6.10 Å². The fourth-order valence-corrected chi connectivity index (χ4v) is 1.69. The first-order chi connectivity index (χ1) is 8.00. The summed E-state index contributed by atoms with van der Waals surface area (Å²) in [6, 6.07) is 1.56. The van der Waals surface area contributed by atoms with Crippen LogP contribution >= 0.6 is 11.6 Å². The maximum Gasteiger partial charge on any atom is 0.129 e. The Labute approximate surface area is 103 Å². The van der Waals surface area contributed by atoms with E-state index >= 15 is 0 Å². The smallest absolute Gasteiger partial charge is 0.129 e. The van der Waals surface area contributed by atoms with E-state index in [9.17, 15) is 5.11 Å². The summed E-state index contributed by atoms with van der Waals surface area (Å²) in [6.45, 7) is 0. The third-order valence-corrected chi connectivity index (χ3v) is 2.73.